The Hall–Kier alpha value is -1.85. The Morgan fingerprint density at radius 2 is 2.50 bits per heavy atom. The highest BCUT2D eigenvalue weighted by atomic mass is 16.5. The topological polar surface area (TPSA) is 84.1 Å². The van der Waals surface area contributed by atoms with Gasteiger partial charge in [0.15, 0.2) is 0 Å². The van der Waals surface area contributed by atoms with Gasteiger partial charge in [-0.25, -0.2) is 0 Å². The van der Waals surface area contributed by atoms with Crippen LogP contribution < -0.4 is 5.32 Å². The van der Waals surface area contributed by atoms with Crippen molar-refractivity contribution >= 4 is 17.7 Å². The van der Waals surface area contributed by atoms with E-state index in [1.807, 2.05) is 0 Å². The number of methoxy groups -OCH3 is 1. The highest BCUT2D eigenvalue weighted by Crippen LogP contribution is 2.23. The van der Waals surface area contributed by atoms with Crippen LogP contribution in [0, 0.1) is 5.92 Å². The Bertz CT molecular complexity index is 385. The number of nitrogens with one attached hydrogen (secondary N) is 2. The Morgan fingerprint density at radius 3 is 3.21 bits per heavy atom. The highest BCUT2D eigenvalue weighted by molar-refractivity contribution is 6.06. The van der Waals surface area contributed by atoms with Crippen LogP contribution in [0.1, 0.15) is 5.56 Å². The number of aromatic nitrogens is 2. The van der Waals surface area contributed by atoms with Gasteiger partial charge in [-0.3, -0.25) is 14.7 Å². The number of anilines is 1. The molecule has 0 aromatic carbocycles. The van der Waals surface area contributed by atoms with E-state index in [9.17, 15) is 9.59 Å². The van der Waals surface area contributed by atoms with Crippen molar-refractivity contribution in [1.82, 2.24) is 10.2 Å². The van der Waals surface area contributed by atoms with Crippen molar-refractivity contribution < 1.29 is 14.3 Å². The van der Waals surface area contributed by atoms with Crippen LogP contribution in [0.5, 0.6) is 0 Å². The first-order valence-electron chi connectivity index (χ1n) is 4.13. The summed E-state index contributed by atoms with van der Waals surface area (Å²) in [6.45, 7) is 0. The molecule has 2 heterocycles. The second-order valence-electron chi connectivity index (χ2n) is 3.04. The van der Waals surface area contributed by atoms with E-state index in [1.54, 1.807) is 6.20 Å². The molecule has 1 unspecified atom stereocenters. The lowest BCUT2D eigenvalue weighted by Crippen LogP contribution is -2.35. The number of aromatic amines is 1. The van der Waals surface area contributed by atoms with Crippen LogP contribution in [-0.2, 0) is 20.7 Å². The SMILES string of the molecule is COC(=O)C1Cc2cn[nH]c2NC1=O. The van der Waals surface area contributed by atoms with Crippen molar-refractivity contribution in [2.45, 2.75) is 6.42 Å². The zero-order valence-corrected chi connectivity index (χ0v) is 7.53. The Morgan fingerprint density at radius 1 is 1.71 bits per heavy atom. The van der Waals surface area contributed by atoms with Gasteiger partial charge in [-0.05, 0) is 6.42 Å². The lowest BCUT2D eigenvalue weighted by molar-refractivity contribution is -0.148. The van der Waals surface area contributed by atoms with Crippen molar-refractivity contribution in [3.8, 4) is 0 Å². The predicted octanol–water partition coefficient (Wildman–Crippen LogP) is -0.307. The molecule has 0 radical (unpaired) electrons. The first-order valence-corrected chi connectivity index (χ1v) is 4.13. The molecule has 1 amide bonds. The molecule has 1 aromatic rings. The number of amides is 1. The molecule has 0 fully saturated rings. The zero-order valence-electron chi connectivity index (χ0n) is 7.53. The molecule has 0 saturated heterocycles. The summed E-state index contributed by atoms with van der Waals surface area (Å²) in [7, 11) is 1.26. The molecular formula is C8H9N3O3. The van der Waals surface area contributed by atoms with Crippen molar-refractivity contribution in [1.29, 1.82) is 0 Å². The van der Waals surface area contributed by atoms with Gasteiger partial charge >= 0.3 is 5.97 Å². The molecule has 1 aliphatic rings. The summed E-state index contributed by atoms with van der Waals surface area (Å²) in [6.07, 6.45) is 1.93. The average molecular weight is 195 g/mol. The number of fused-ring (bicyclic) bond motifs is 1. The fourth-order valence-electron chi connectivity index (χ4n) is 1.43. The lowest BCUT2D eigenvalue weighted by Gasteiger charge is -2.18. The summed E-state index contributed by atoms with van der Waals surface area (Å²) in [5.74, 6) is -1.07. The van der Waals surface area contributed by atoms with E-state index in [0.29, 0.717) is 12.2 Å². The van der Waals surface area contributed by atoms with Gasteiger partial charge in [-0.1, -0.05) is 0 Å². The number of carbonyl (C=O) groups is 2. The number of carbonyl (C=O) groups excluding carboxylic acids is 2. The fourth-order valence-corrected chi connectivity index (χ4v) is 1.43. The summed E-state index contributed by atoms with van der Waals surface area (Å²) in [5, 5.41) is 8.94. The van der Waals surface area contributed by atoms with Crippen molar-refractivity contribution in [2.24, 2.45) is 5.92 Å². The van der Waals surface area contributed by atoms with Gasteiger partial charge in [0, 0.05) is 5.56 Å². The van der Waals surface area contributed by atoms with Crippen LogP contribution >= 0.6 is 0 Å². The molecule has 0 spiro atoms. The van der Waals surface area contributed by atoms with Gasteiger partial charge in [0.05, 0.1) is 13.3 Å². The lowest BCUT2D eigenvalue weighted by atomic mass is 9.97. The second kappa shape index (κ2) is 3.13. The third-order valence-electron chi connectivity index (χ3n) is 2.19. The van der Waals surface area contributed by atoms with Gasteiger partial charge in [0.2, 0.25) is 5.91 Å². The summed E-state index contributed by atoms with van der Waals surface area (Å²) >= 11 is 0. The standard InChI is InChI=1S/C8H9N3O3/c1-14-8(13)5-2-4-3-9-11-6(4)10-7(5)12/h3,5H,2H2,1H3,(H2,9,10,11,12). The van der Waals surface area contributed by atoms with Gasteiger partial charge in [-0.15, -0.1) is 0 Å². The molecule has 1 aliphatic heterocycles. The monoisotopic (exact) mass is 195 g/mol. The highest BCUT2D eigenvalue weighted by Gasteiger charge is 2.33. The molecular weight excluding hydrogens is 186 g/mol. The van der Waals surface area contributed by atoms with Gasteiger partial charge in [-0.2, -0.15) is 5.10 Å². The smallest absolute Gasteiger partial charge is 0.318 e. The molecule has 6 nitrogen and oxygen atoms in total. The number of esters is 1. The molecule has 2 rings (SSSR count). The molecule has 14 heavy (non-hydrogen) atoms. The second-order valence-corrected chi connectivity index (χ2v) is 3.04. The largest absolute Gasteiger partial charge is 0.468 e. The first kappa shape index (κ1) is 8.74. The number of H-pyrrole nitrogens is 1. The minimum Gasteiger partial charge on any atom is -0.468 e. The summed E-state index contributed by atoms with van der Waals surface area (Å²) in [4.78, 5) is 22.6. The third kappa shape index (κ3) is 1.24. The Labute approximate surface area is 79.6 Å². The first-order chi connectivity index (χ1) is 6.72. The average Bonchev–Trinajstić information content (AvgIpc) is 2.62. The van der Waals surface area contributed by atoms with Crippen LogP contribution in [0.15, 0.2) is 6.20 Å². The maximum Gasteiger partial charge on any atom is 0.318 e. The molecule has 1 aromatic heterocycles. The number of nitrogens with zero attached hydrogens (tertiary/aromatic N) is 1. The number of rotatable bonds is 1. The Balaban J connectivity index is 2.26. The van der Waals surface area contributed by atoms with E-state index in [2.05, 4.69) is 20.3 Å². The molecule has 0 saturated carbocycles. The molecule has 0 aliphatic carbocycles. The van der Waals surface area contributed by atoms with Crippen LogP contribution in [-0.4, -0.2) is 29.2 Å². The minimum atomic E-state index is -0.759. The normalized spacial score (nSPS) is 19.8. The van der Waals surface area contributed by atoms with Crippen molar-refractivity contribution in [3.63, 3.8) is 0 Å². The molecule has 1 atom stereocenters. The van der Waals surface area contributed by atoms with Crippen molar-refractivity contribution in [2.75, 3.05) is 12.4 Å². The molecule has 0 bridgehead atoms. The molecule has 2 N–H and O–H groups in total. The number of hydrogen-bond donors (Lipinski definition) is 2. The van der Waals surface area contributed by atoms with E-state index in [-0.39, 0.29) is 5.91 Å². The van der Waals surface area contributed by atoms with E-state index in [0.717, 1.165) is 5.56 Å². The maximum absolute atomic E-state index is 11.4. The van der Waals surface area contributed by atoms with Crippen LogP contribution in [0.25, 0.3) is 0 Å². The quantitative estimate of drug-likeness (QED) is 0.475. The number of ether oxygens (including phenoxy) is 1. The van der Waals surface area contributed by atoms with Crippen LogP contribution in [0.3, 0.4) is 0 Å². The molecule has 74 valence electrons. The van der Waals surface area contributed by atoms with Crippen LogP contribution in [0.4, 0.5) is 5.82 Å². The molecule has 6 heteroatoms. The fraction of sp³-hybridized carbons (Fsp3) is 0.375. The summed E-state index contributed by atoms with van der Waals surface area (Å²) in [5.41, 5.74) is 0.819. The minimum absolute atomic E-state index is 0.338. The van der Waals surface area contributed by atoms with Crippen molar-refractivity contribution in [3.05, 3.63) is 11.8 Å². The summed E-state index contributed by atoms with van der Waals surface area (Å²) in [6, 6.07) is 0. The number of hydrogen-bond acceptors (Lipinski definition) is 4. The third-order valence-corrected chi connectivity index (χ3v) is 2.19. The van der Waals surface area contributed by atoms with Gasteiger partial charge in [0.25, 0.3) is 0 Å². The van der Waals surface area contributed by atoms with Crippen LogP contribution in [0.2, 0.25) is 0 Å². The van der Waals surface area contributed by atoms with Gasteiger partial charge in [0.1, 0.15) is 11.7 Å². The summed E-state index contributed by atoms with van der Waals surface area (Å²) < 4.78 is 4.52. The van der Waals surface area contributed by atoms with E-state index >= 15 is 0 Å². The zero-order chi connectivity index (χ0) is 10.1. The van der Waals surface area contributed by atoms with E-state index in [1.165, 1.54) is 7.11 Å². The Kier molecular flexibility index (Phi) is 1.95. The van der Waals surface area contributed by atoms with E-state index in [4.69, 9.17) is 0 Å². The predicted molar refractivity (Wildman–Crippen MR) is 46.4 cm³/mol. The van der Waals surface area contributed by atoms with E-state index < -0.39 is 11.9 Å². The maximum atomic E-state index is 11.4. The van der Waals surface area contributed by atoms with Gasteiger partial charge < -0.3 is 10.1 Å².